The number of sulfonamides is 1. The van der Waals surface area contributed by atoms with E-state index in [1.54, 1.807) is 4.31 Å². The van der Waals surface area contributed by atoms with Crippen molar-refractivity contribution in [2.24, 2.45) is 0 Å². The smallest absolute Gasteiger partial charge is 0.241 e. The Morgan fingerprint density at radius 2 is 1.79 bits per heavy atom. The Morgan fingerprint density at radius 1 is 1.03 bits per heavy atom. The molecule has 0 aromatic heterocycles. The number of fused-ring (bicyclic) bond motifs is 3. The molecule has 152 valence electrons. The van der Waals surface area contributed by atoms with Crippen molar-refractivity contribution in [3.63, 3.8) is 0 Å². The lowest BCUT2D eigenvalue weighted by Gasteiger charge is -2.20. The first-order valence-electron chi connectivity index (χ1n) is 10.3. The highest BCUT2D eigenvalue weighted by Gasteiger charge is 2.40. The number of rotatable bonds is 4. The summed E-state index contributed by atoms with van der Waals surface area (Å²) in [5.74, 6) is -0.167. The van der Waals surface area contributed by atoms with Crippen LogP contribution in [-0.4, -0.2) is 49.6 Å². The van der Waals surface area contributed by atoms with Crippen molar-refractivity contribution >= 4 is 21.6 Å². The van der Waals surface area contributed by atoms with Gasteiger partial charge in [-0.15, -0.1) is 0 Å². The fourth-order valence-electron chi connectivity index (χ4n) is 4.74. The number of anilines is 1. The van der Waals surface area contributed by atoms with Crippen LogP contribution in [0.5, 0.6) is 0 Å². The summed E-state index contributed by atoms with van der Waals surface area (Å²) in [6, 6.07) is 13.9. The topological polar surface area (TPSA) is 78.5 Å². The normalized spacial score (nSPS) is 23.7. The minimum absolute atomic E-state index is 0.167. The third-order valence-electron chi connectivity index (χ3n) is 6.31. The number of nitrogens with one attached hydrogen (secondary N) is 2. The zero-order valence-electron chi connectivity index (χ0n) is 16.2. The van der Waals surface area contributed by atoms with E-state index in [-0.39, 0.29) is 5.91 Å². The van der Waals surface area contributed by atoms with Crippen LogP contribution in [0, 0.1) is 0 Å². The highest BCUT2D eigenvalue weighted by atomic mass is 32.2. The molecule has 3 aliphatic rings. The molecule has 0 spiro atoms. The van der Waals surface area contributed by atoms with E-state index in [1.165, 1.54) is 22.3 Å². The first-order chi connectivity index (χ1) is 14.0. The number of carbonyl (C=O) groups is 1. The molecule has 0 saturated carbocycles. The van der Waals surface area contributed by atoms with Crippen LogP contribution in [0.2, 0.25) is 0 Å². The summed E-state index contributed by atoms with van der Waals surface area (Å²) in [5.41, 5.74) is 5.74. The van der Waals surface area contributed by atoms with Crippen LogP contribution < -0.4 is 10.6 Å². The highest BCUT2D eigenvalue weighted by Crippen LogP contribution is 2.37. The van der Waals surface area contributed by atoms with Crippen LogP contribution in [0.15, 0.2) is 42.5 Å². The van der Waals surface area contributed by atoms with E-state index in [2.05, 4.69) is 28.8 Å². The Morgan fingerprint density at radius 3 is 2.62 bits per heavy atom. The van der Waals surface area contributed by atoms with Gasteiger partial charge in [0, 0.05) is 25.3 Å². The Hall–Kier alpha value is -2.22. The molecule has 2 aromatic rings. The molecule has 29 heavy (non-hydrogen) atoms. The van der Waals surface area contributed by atoms with Gasteiger partial charge in [0.15, 0.2) is 0 Å². The highest BCUT2D eigenvalue weighted by molar-refractivity contribution is 7.89. The largest absolute Gasteiger partial charge is 0.325 e. The van der Waals surface area contributed by atoms with Crippen molar-refractivity contribution in [1.29, 1.82) is 0 Å². The molecule has 6 nitrogen and oxygen atoms in total. The molecule has 5 rings (SSSR count). The lowest BCUT2D eigenvalue weighted by molar-refractivity contribution is -0.117. The number of nitrogens with zero attached hydrogens (tertiary/aromatic N) is 1. The quantitative estimate of drug-likeness (QED) is 0.691. The van der Waals surface area contributed by atoms with E-state index >= 15 is 0 Å². The van der Waals surface area contributed by atoms with Crippen LogP contribution in [0.1, 0.15) is 30.4 Å². The Balaban J connectivity index is 1.25. The standard InChI is InChI=1S/C22H25N3O3S/c26-22(21-13-18(14-23-21)29(27,28)25-9-3-4-10-25)24-17-7-8-20-16(12-17)11-15-5-1-2-6-19(15)20/h1-2,5-8,12,18,21,23H,3-4,9-11,13-14H2,(H,24,26). The summed E-state index contributed by atoms with van der Waals surface area (Å²) < 4.78 is 27.1. The zero-order chi connectivity index (χ0) is 20.0. The first kappa shape index (κ1) is 18.8. The maximum absolute atomic E-state index is 12.8. The number of benzene rings is 2. The molecule has 2 N–H and O–H groups in total. The minimum Gasteiger partial charge on any atom is -0.325 e. The summed E-state index contributed by atoms with van der Waals surface area (Å²) in [4.78, 5) is 12.7. The Labute approximate surface area is 171 Å². The van der Waals surface area contributed by atoms with Gasteiger partial charge in [-0.05, 0) is 60.1 Å². The molecular formula is C22H25N3O3S. The molecule has 0 radical (unpaired) electrons. The van der Waals surface area contributed by atoms with Crippen molar-refractivity contribution in [2.45, 2.75) is 37.0 Å². The third kappa shape index (κ3) is 3.37. The fraction of sp³-hybridized carbons (Fsp3) is 0.409. The maximum Gasteiger partial charge on any atom is 0.241 e. The maximum atomic E-state index is 12.8. The monoisotopic (exact) mass is 411 g/mol. The number of hydrogen-bond donors (Lipinski definition) is 2. The van der Waals surface area contributed by atoms with Crippen molar-refractivity contribution in [3.05, 3.63) is 53.6 Å². The molecular weight excluding hydrogens is 386 g/mol. The van der Waals surface area contributed by atoms with E-state index in [9.17, 15) is 13.2 Å². The van der Waals surface area contributed by atoms with E-state index in [4.69, 9.17) is 0 Å². The van der Waals surface area contributed by atoms with Crippen LogP contribution >= 0.6 is 0 Å². The molecule has 1 aliphatic carbocycles. The van der Waals surface area contributed by atoms with Gasteiger partial charge in [0.2, 0.25) is 15.9 Å². The average Bonchev–Trinajstić information content (AvgIpc) is 3.46. The molecule has 1 amide bonds. The predicted molar refractivity (Wildman–Crippen MR) is 113 cm³/mol. The summed E-state index contributed by atoms with van der Waals surface area (Å²) in [5, 5.41) is 5.55. The van der Waals surface area contributed by atoms with Gasteiger partial charge in [-0.2, -0.15) is 0 Å². The van der Waals surface area contributed by atoms with Crippen molar-refractivity contribution in [1.82, 2.24) is 9.62 Å². The molecule has 2 atom stereocenters. The summed E-state index contributed by atoms with van der Waals surface area (Å²) in [6.07, 6.45) is 3.03. The number of carbonyl (C=O) groups excluding carboxylic acids is 1. The van der Waals surface area contributed by atoms with Crippen LogP contribution in [0.3, 0.4) is 0 Å². The van der Waals surface area contributed by atoms with Gasteiger partial charge in [-0.1, -0.05) is 30.3 Å². The van der Waals surface area contributed by atoms with E-state index in [0.29, 0.717) is 26.1 Å². The van der Waals surface area contributed by atoms with Gasteiger partial charge in [0.25, 0.3) is 0 Å². The zero-order valence-corrected chi connectivity index (χ0v) is 17.0. The number of amides is 1. The molecule has 2 heterocycles. The second-order valence-corrected chi connectivity index (χ2v) is 10.4. The summed E-state index contributed by atoms with van der Waals surface area (Å²) >= 11 is 0. The summed E-state index contributed by atoms with van der Waals surface area (Å²) in [6.45, 7) is 1.54. The van der Waals surface area contributed by atoms with Crippen molar-refractivity contribution in [2.75, 3.05) is 25.0 Å². The van der Waals surface area contributed by atoms with Crippen molar-refractivity contribution < 1.29 is 13.2 Å². The second kappa shape index (κ2) is 7.23. The van der Waals surface area contributed by atoms with Gasteiger partial charge < -0.3 is 10.6 Å². The van der Waals surface area contributed by atoms with Crippen molar-refractivity contribution in [3.8, 4) is 11.1 Å². The fourth-order valence-corrected chi connectivity index (χ4v) is 6.67. The molecule has 7 heteroatoms. The average molecular weight is 412 g/mol. The van der Waals surface area contributed by atoms with Gasteiger partial charge in [-0.25, -0.2) is 12.7 Å². The van der Waals surface area contributed by atoms with Crippen LogP contribution in [0.25, 0.3) is 11.1 Å². The molecule has 0 bridgehead atoms. The molecule has 2 fully saturated rings. The van der Waals surface area contributed by atoms with E-state index < -0.39 is 21.3 Å². The number of hydrogen-bond acceptors (Lipinski definition) is 4. The SMILES string of the molecule is O=C(Nc1ccc2c(c1)Cc1ccccc1-2)C1CC(S(=O)(=O)N2CCCC2)CN1. The van der Waals surface area contributed by atoms with Gasteiger partial charge >= 0.3 is 0 Å². The minimum atomic E-state index is -3.33. The summed E-state index contributed by atoms with van der Waals surface area (Å²) in [7, 11) is -3.33. The van der Waals surface area contributed by atoms with E-state index in [0.717, 1.165) is 24.9 Å². The van der Waals surface area contributed by atoms with Gasteiger partial charge in [-0.3, -0.25) is 4.79 Å². The van der Waals surface area contributed by atoms with Gasteiger partial charge in [0.1, 0.15) is 0 Å². The van der Waals surface area contributed by atoms with Crippen LogP contribution in [-0.2, 0) is 21.2 Å². The molecule has 2 saturated heterocycles. The molecule has 2 aromatic carbocycles. The predicted octanol–water partition coefficient (Wildman–Crippen LogP) is 2.35. The first-order valence-corrected chi connectivity index (χ1v) is 11.8. The molecule has 2 aliphatic heterocycles. The lowest BCUT2D eigenvalue weighted by atomic mass is 10.1. The lowest BCUT2D eigenvalue weighted by Crippen LogP contribution is -2.37. The molecule has 2 unspecified atom stereocenters. The van der Waals surface area contributed by atoms with E-state index in [1.807, 2.05) is 24.3 Å². The third-order valence-corrected chi connectivity index (χ3v) is 8.60. The van der Waals surface area contributed by atoms with Gasteiger partial charge in [0.05, 0.1) is 11.3 Å². The second-order valence-electron chi connectivity index (χ2n) is 8.16. The Kier molecular flexibility index (Phi) is 4.69. The van der Waals surface area contributed by atoms with Crippen LogP contribution in [0.4, 0.5) is 5.69 Å². The Bertz CT molecular complexity index is 1060.